The van der Waals surface area contributed by atoms with Gasteiger partial charge in [0.25, 0.3) is 5.91 Å². The number of aryl methyl sites for hydroxylation is 2. The molecule has 1 N–H and O–H groups in total. The Morgan fingerprint density at radius 2 is 1.84 bits per heavy atom. The van der Waals surface area contributed by atoms with Crippen molar-refractivity contribution in [1.29, 1.82) is 0 Å². The first kappa shape index (κ1) is 17.2. The average Bonchev–Trinajstić information content (AvgIpc) is 3.16. The molecule has 1 aromatic heterocycles. The fourth-order valence-electron chi connectivity index (χ4n) is 2.57. The van der Waals surface area contributed by atoms with Gasteiger partial charge in [-0.05, 0) is 54.1 Å². The summed E-state index contributed by atoms with van der Waals surface area (Å²) >= 11 is 1.63. The van der Waals surface area contributed by atoms with Crippen LogP contribution < -0.4 is 10.1 Å². The third kappa shape index (κ3) is 4.48. The topological polar surface area (TPSA) is 38.3 Å². The van der Waals surface area contributed by atoms with Crippen LogP contribution in [0.15, 0.2) is 66.0 Å². The number of hydrogen-bond acceptors (Lipinski definition) is 3. The molecule has 3 aromatic rings. The smallest absolute Gasteiger partial charge is 0.258 e. The Bertz CT molecular complexity index is 828. The van der Waals surface area contributed by atoms with Crippen LogP contribution in [-0.2, 0) is 4.79 Å². The van der Waals surface area contributed by atoms with Gasteiger partial charge in [-0.2, -0.15) is 0 Å². The zero-order chi connectivity index (χ0) is 17.6. The molecule has 3 rings (SSSR count). The van der Waals surface area contributed by atoms with E-state index in [0.717, 1.165) is 16.0 Å². The van der Waals surface area contributed by atoms with E-state index in [2.05, 4.69) is 12.2 Å². The standard InChI is InChI=1S/C21H21NO2S/c1-15-10-11-18(13-16(15)2)24-14-20(23)22-21(19-9-6-12-25-19)17-7-4-3-5-8-17/h3-13,21H,14H2,1-2H3,(H,22,23)/t21-/m0/s1. The molecule has 128 valence electrons. The molecule has 4 heteroatoms. The molecule has 2 aromatic carbocycles. The minimum Gasteiger partial charge on any atom is -0.484 e. The number of thiophene rings is 1. The van der Waals surface area contributed by atoms with Gasteiger partial charge in [0.1, 0.15) is 5.75 Å². The molecule has 0 aliphatic heterocycles. The lowest BCUT2D eigenvalue weighted by molar-refractivity contribution is -0.123. The lowest BCUT2D eigenvalue weighted by Crippen LogP contribution is -2.32. The summed E-state index contributed by atoms with van der Waals surface area (Å²) in [6, 6.07) is 19.7. The Morgan fingerprint density at radius 3 is 2.52 bits per heavy atom. The Morgan fingerprint density at radius 1 is 1.04 bits per heavy atom. The van der Waals surface area contributed by atoms with E-state index in [4.69, 9.17) is 4.74 Å². The van der Waals surface area contributed by atoms with Crippen molar-refractivity contribution in [1.82, 2.24) is 5.32 Å². The molecule has 0 aliphatic rings. The van der Waals surface area contributed by atoms with E-state index >= 15 is 0 Å². The molecule has 1 heterocycles. The van der Waals surface area contributed by atoms with Crippen molar-refractivity contribution in [3.05, 3.63) is 87.6 Å². The first-order valence-corrected chi connectivity index (χ1v) is 9.09. The predicted molar refractivity (Wildman–Crippen MR) is 102 cm³/mol. The van der Waals surface area contributed by atoms with E-state index in [9.17, 15) is 4.79 Å². The highest BCUT2D eigenvalue weighted by atomic mass is 32.1. The van der Waals surface area contributed by atoms with Gasteiger partial charge in [-0.15, -0.1) is 11.3 Å². The second-order valence-electron chi connectivity index (χ2n) is 5.96. The van der Waals surface area contributed by atoms with Gasteiger partial charge in [-0.1, -0.05) is 42.5 Å². The second kappa shape index (κ2) is 7.99. The maximum absolute atomic E-state index is 12.4. The van der Waals surface area contributed by atoms with Crippen molar-refractivity contribution in [2.24, 2.45) is 0 Å². The van der Waals surface area contributed by atoms with Crippen molar-refractivity contribution >= 4 is 17.2 Å². The third-order valence-corrected chi connectivity index (χ3v) is 5.05. The van der Waals surface area contributed by atoms with Gasteiger partial charge in [-0.25, -0.2) is 0 Å². The summed E-state index contributed by atoms with van der Waals surface area (Å²) < 4.78 is 5.65. The number of rotatable bonds is 6. The molecule has 3 nitrogen and oxygen atoms in total. The molecular weight excluding hydrogens is 330 g/mol. The van der Waals surface area contributed by atoms with Crippen molar-refractivity contribution in [2.45, 2.75) is 19.9 Å². The second-order valence-corrected chi connectivity index (χ2v) is 6.94. The minimum absolute atomic E-state index is 0.00277. The quantitative estimate of drug-likeness (QED) is 0.702. The van der Waals surface area contributed by atoms with Crippen LogP contribution in [0, 0.1) is 13.8 Å². The SMILES string of the molecule is Cc1ccc(OCC(=O)N[C@@H](c2ccccc2)c2cccs2)cc1C. The number of amides is 1. The Hall–Kier alpha value is -2.59. The van der Waals surface area contributed by atoms with E-state index in [-0.39, 0.29) is 18.6 Å². The normalized spacial score (nSPS) is 11.8. The van der Waals surface area contributed by atoms with Gasteiger partial charge >= 0.3 is 0 Å². The Balaban J connectivity index is 1.67. The first-order valence-electron chi connectivity index (χ1n) is 8.21. The summed E-state index contributed by atoms with van der Waals surface area (Å²) in [7, 11) is 0. The lowest BCUT2D eigenvalue weighted by Gasteiger charge is -2.18. The van der Waals surface area contributed by atoms with Crippen molar-refractivity contribution in [2.75, 3.05) is 6.61 Å². The van der Waals surface area contributed by atoms with Gasteiger partial charge in [0, 0.05) is 4.88 Å². The molecule has 0 aliphatic carbocycles. The van der Waals surface area contributed by atoms with E-state index in [1.807, 2.05) is 73.0 Å². The van der Waals surface area contributed by atoms with E-state index in [0.29, 0.717) is 5.75 Å². The van der Waals surface area contributed by atoms with Crippen LogP contribution in [0.1, 0.15) is 27.6 Å². The maximum atomic E-state index is 12.4. The largest absolute Gasteiger partial charge is 0.484 e. The summed E-state index contributed by atoms with van der Waals surface area (Å²) in [5.41, 5.74) is 3.42. The first-order chi connectivity index (χ1) is 12.1. The molecule has 0 radical (unpaired) electrons. The summed E-state index contributed by atoms with van der Waals surface area (Å²) in [6.45, 7) is 4.08. The highest BCUT2D eigenvalue weighted by Gasteiger charge is 2.18. The summed E-state index contributed by atoms with van der Waals surface area (Å²) in [4.78, 5) is 13.5. The average molecular weight is 351 g/mol. The molecule has 1 amide bonds. The summed E-state index contributed by atoms with van der Waals surface area (Å²) in [5.74, 6) is 0.575. The molecule has 25 heavy (non-hydrogen) atoms. The van der Waals surface area contributed by atoms with Crippen LogP contribution in [0.3, 0.4) is 0 Å². The Labute approximate surface area is 152 Å². The number of ether oxygens (including phenoxy) is 1. The molecule has 0 fully saturated rings. The highest BCUT2D eigenvalue weighted by molar-refractivity contribution is 7.10. The fourth-order valence-corrected chi connectivity index (χ4v) is 3.38. The number of hydrogen-bond donors (Lipinski definition) is 1. The molecule has 0 saturated heterocycles. The van der Waals surface area contributed by atoms with Gasteiger partial charge in [0.2, 0.25) is 0 Å². The van der Waals surface area contributed by atoms with Crippen molar-refractivity contribution in [3.63, 3.8) is 0 Å². The fraction of sp³-hybridized carbons (Fsp3) is 0.190. The number of benzene rings is 2. The molecule has 0 spiro atoms. The van der Waals surface area contributed by atoms with Crippen molar-refractivity contribution < 1.29 is 9.53 Å². The molecule has 1 atom stereocenters. The zero-order valence-electron chi connectivity index (χ0n) is 14.4. The maximum Gasteiger partial charge on any atom is 0.258 e. The molecule has 0 bridgehead atoms. The van der Waals surface area contributed by atoms with Crippen LogP contribution in [-0.4, -0.2) is 12.5 Å². The van der Waals surface area contributed by atoms with E-state index in [1.54, 1.807) is 11.3 Å². The third-order valence-electron chi connectivity index (χ3n) is 4.11. The van der Waals surface area contributed by atoms with Crippen LogP contribution in [0.4, 0.5) is 0 Å². The number of nitrogens with one attached hydrogen (secondary N) is 1. The minimum atomic E-state index is -0.156. The van der Waals surface area contributed by atoms with Gasteiger partial charge in [0.05, 0.1) is 6.04 Å². The van der Waals surface area contributed by atoms with Crippen LogP contribution in [0.25, 0.3) is 0 Å². The van der Waals surface area contributed by atoms with Crippen LogP contribution in [0.5, 0.6) is 5.75 Å². The van der Waals surface area contributed by atoms with Crippen molar-refractivity contribution in [3.8, 4) is 5.75 Å². The van der Waals surface area contributed by atoms with Gasteiger partial charge < -0.3 is 10.1 Å². The number of carbonyl (C=O) groups excluding carboxylic acids is 1. The van der Waals surface area contributed by atoms with Crippen LogP contribution in [0.2, 0.25) is 0 Å². The summed E-state index contributed by atoms with van der Waals surface area (Å²) in [6.07, 6.45) is 0. The van der Waals surface area contributed by atoms with Gasteiger partial charge in [-0.3, -0.25) is 4.79 Å². The molecular formula is C21H21NO2S. The monoisotopic (exact) mass is 351 g/mol. The highest BCUT2D eigenvalue weighted by Crippen LogP contribution is 2.26. The van der Waals surface area contributed by atoms with E-state index in [1.165, 1.54) is 5.56 Å². The number of carbonyl (C=O) groups is 1. The Kier molecular flexibility index (Phi) is 5.51. The van der Waals surface area contributed by atoms with E-state index < -0.39 is 0 Å². The predicted octanol–water partition coefficient (Wildman–Crippen LogP) is 4.65. The van der Waals surface area contributed by atoms with Crippen LogP contribution >= 0.6 is 11.3 Å². The lowest BCUT2D eigenvalue weighted by atomic mass is 10.1. The zero-order valence-corrected chi connectivity index (χ0v) is 15.2. The summed E-state index contributed by atoms with van der Waals surface area (Å²) in [5, 5.41) is 5.10. The molecule has 0 unspecified atom stereocenters. The van der Waals surface area contributed by atoms with Gasteiger partial charge in [0.15, 0.2) is 6.61 Å². The molecule has 0 saturated carbocycles.